The van der Waals surface area contributed by atoms with Crippen LogP contribution in [-0.2, 0) is 4.79 Å². The Morgan fingerprint density at radius 1 is 1.40 bits per heavy atom. The third-order valence-electron chi connectivity index (χ3n) is 3.09. The van der Waals surface area contributed by atoms with Crippen LogP contribution in [0.1, 0.15) is 24.0 Å². The van der Waals surface area contributed by atoms with E-state index in [1.165, 1.54) is 5.56 Å². The fraction of sp³-hybridized carbons (Fsp3) is 0.417. The lowest BCUT2D eigenvalue weighted by Crippen LogP contribution is -2.38. The van der Waals surface area contributed by atoms with Gasteiger partial charge in [0, 0.05) is 5.69 Å². The van der Waals surface area contributed by atoms with Gasteiger partial charge in [0.2, 0.25) is 5.91 Å². The van der Waals surface area contributed by atoms with E-state index < -0.39 is 5.54 Å². The van der Waals surface area contributed by atoms with E-state index in [4.69, 9.17) is 5.73 Å². The van der Waals surface area contributed by atoms with Crippen molar-refractivity contribution < 1.29 is 4.79 Å². The standard InChI is InChI=1S/C12H16N2O/c1-8-4-3-5-10(9(8)2)14-11(15)12(13)6-7-12/h3-5H,6-7,13H2,1-2H3,(H,14,15). The summed E-state index contributed by atoms with van der Waals surface area (Å²) in [5.74, 6) is -0.0591. The van der Waals surface area contributed by atoms with Crippen molar-refractivity contribution in [2.45, 2.75) is 32.2 Å². The van der Waals surface area contributed by atoms with E-state index in [0.29, 0.717) is 0 Å². The Kier molecular flexibility index (Phi) is 2.27. The quantitative estimate of drug-likeness (QED) is 0.770. The Morgan fingerprint density at radius 2 is 2.07 bits per heavy atom. The summed E-state index contributed by atoms with van der Waals surface area (Å²) in [5.41, 5.74) is 8.37. The maximum absolute atomic E-state index is 11.7. The van der Waals surface area contributed by atoms with Crippen LogP contribution >= 0.6 is 0 Å². The zero-order valence-electron chi connectivity index (χ0n) is 9.13. The zero-order valence-corrected chi connectivity index (χ0v) is 9.13. The second kappa shape index (κ2) is 3.35. The van der Waals surface area contributed by atoms with Gasteiger partial charge < -0.3 is 11.1 Å². The first-order chi connectivity index (χ1) is 7.03. The van der Waals surface area contributed by atoms with E-state index in [2.05, 4.69) is 5.32 Å². The molecule has 0 aliphatic heterocycles. The third-order valence-corrected chi connectivity index (χ3v) is 3.09. The maximum Gasteiger partial charge on any atom is 0.244 e. The summed E-state index contributed by atoms with van der Waals surface area (Å²) < 4.78 is 0. The van der Waals surface area contributed by atoms with Crippen LogP contribution in [-0.4, -0.2) is 11.4 Å². The number of carbonyl (C=O) groups excluding carboxylic acids is 1. The highest BCUT2D eigenvalue weighted by Crippen LogP contribution is 2.33. The molecule has 3 nitrogen and oxygen atoms in total. The fourth-order valence-corrected chi connectivity index (χ4v) is 1.50. The molecule has 0 aromatic heterocycles. The van der Waals surface area contributed by atoms with Gasteiger partial charge in [0.05, 0.1) is 5.54 Å². The highest BCUT2D eigenvalue weighted by atomic mass is 16.2. The molecule has 0 spiro atoms. The number of rotatable bonds is 2. The van der Waals surface area contributed by atoms with E-state index >= 15 is 0 Å². The van der Waals surface area contributed by atoms with E-state index in [1.54, 1.807) is 0 Å². The molecule has 1 aromatic carbocycles. The molecule has 2 rings (SSSR count). The molecule has 15 heavy (non-hydrogen) atoms. The predicted octanol–water partition coefficient (Wildman–Crippen LogP) is 1.73. The smallest absolute Gasteiger partial charge is 0.244 e. The first-order valence-electron chi connectivity index (χ1n) is 5.19. The summed E-state index contributed by atoms with van der Waals surface area (Å²) in [6.07, 6.45) is 1.59. The highest BCUT2D eigenvalue weighted by molar-refractivity contribution is 6.00. The van der Waals surface area contributed by atoms with Gasteiger partial charge in [0.1, 0.15) is 0 Å². The van der Waals surface area contributed by atoms with Gasteiger partial charge >= 0.3 is 0 Å². The molecular weight excluding hydrogens is 188 g/mol. The summed E-state index contributed by atoms with van der Waals surface area (Å²) in [4.78, 5) is 11.7. The molecule has 3 heteroatoms. The number of anilines is 1. The van der Waals surface area contributed by atoms with Crippen LogP contribution in [0.15, 0.2) is 18.2 Å². The van der Waals surface area contributed by atoms with Crippen LogP contribution in [0.4, 0.5) is 5.69 Å². The van der Waals surface area contributed by atoms with Crippen LogP contribution in [0, 0.1) is 13.8 Å². The van der Waals surface area contributed by atoms with Gasteiger partial charge in [-0.2, -0.15) is 0 Å². The van der Waals surface area contributed by atoms with E-state index in [0.717, 1.165) is 24.1 Å². The molecule has 0 bridgehead atoms. The molecule has 1 fully saturated rings. The molecular formula is C12H16N2O. The summed E-state index contributed by atoms with van der Waals surface area (Å²) >= 11 is 0. The van der Waals surface area contributed by atoms with Gasteiger partial charge in [-0.1, -0.05) is 12.1 Å². The Labute approximate surface area is 89.7 Å². The van der Waals surface area contributed by atoms with Gasteiger partial charge in [0.15, 0.2) is 0 Å². The lowest BCUT2D eigenvalue weighted by Gasteiger charge is -2.13. The summed E-state index contributed by atoms with van der Waals surface area (Å²) in [7, 11) is 0. The van der Waals surface area contributed by atoms with E-state index in [-0.39, 0.29) is 5.91 Å². The van der Waals surface area contributed by atoms with Crippen molar-refractivity contribution in [2.75, 3.05) is 5.32 Å². The van der Waals surface area contributed by atoms with Crippen molar-refractivity contribution in [2.24, 2.45) is 5.73 Å². The van der Waals surface area contributed by atoms with Crippen molar-refractivity contribution in [3.63, 3.8) is 0 Å². The van der Waals surface area contributed by atoms with Crippen molar-refractivity contribution in [1.82, 2.24) is 0 Å². The lowest BCUT2D eigenvalue weighted by molar-refractivity contribution is -0.118. The normalized spacial score (nSPS) is 17.3. The molecule has 80 valence electrons. The second-order valence-corrected chi connectivity index (χ2v) is 4.36. The number of carbonyl (C=O) groups is 1. The molecule has 1 aromatic rings. The number of aryl methyl sites for hydroxylation is 1. The van der Waals surface area contributed by atoms with Gasteiger partial charge in [-0.15, -0.1) is 0 Å². The second-order valence-electron chi connectivity index (χ2n) is 4.36. The highest BCUT2D eigenvalue weighted by Gasteiger charge is 2.46. The summed E-state index contributed by atoms with van der Waals surface area (Å²) in [6, 6.07) is 5.88. The van der Waals surface area contributed by atoms with Crippen molar-refractivity contribution in [3.8, 4) is 0 Å². The molecule has 0 atom stereocenters. The van der Waals surface area contributed by atoms with Gasteiger partial charge in [-0.3, -0.25) is 4.79 Å². The van der Waals surface area contributed by atoms with Gasteiger partial charge in [0.25, 0.3) is 0 Å². The number of benzene rings is 1. The van der Waals surface area contributed by atoms with Crippen LogP contribution in [0.2, 0.25) is 0 Å². The predicted molar refractivity (Wildman–Crippen MR) is 60.7 cm³/mol. The maximum atomic E-state index is 11.7. The minimum Gasteiger partial charge on any atom is -0.324 e. The molecule has 0 saturated heterocycles. The van der Waals surface area contributed by atoms with Crippen LogP contribution < -0.4 is 11.1 Å². The minimum absolute atomic E-state index is 0.0591. The van der Waals surface area contributed by atoms with Crippen LogP contribution in [0.5, 0.6) is 0 Å². The number of amides is 1. The van der Waals surface area contributed by atoms with Crippen molar-refractivity contribution in [3.05, 3.63) is 29.3 Å². The van der Waals surface area contributed by atoms with Crippen molar-refractivity contribution >= 4 is 11.6 Å². The Hall–Kier alpha value is -1.35. The molecule has 3 N–H and O–H groups in total. The minimum atomic E-state index is -0.601. The Bertz CT molecular complexity index is 408. The average molecular weight is 204 g/mol. The monoisotopic (exact) mass is 204 g/mol. The SMILES string of the molecule is Cc1cccc(NC(=O)C2(N)CC2)c1C. The van der Waals surface area contributed by atoms with Crippen molar-refractivity contribution in [1.29, 1.82) is 0 Å². The molecule has 0 unspecified atom stereocenters. The van der Waals surface area contributed by atoms with E-state index in [1.807, 2.05) is 32.0 Å². The van der Waals surface area contributed by atoms with Crippen LogP contribution in [0.3, 0.4) is 0 Å². The first-order valence-corrected chi connectivity index (χ1v) is 5.19. The van der Waals surface area contributed by atoms with Crippen LogP contribution in [0.25, 0.3) is 0 Å². The molecule has 0 radical (unpaired) electrons. The lowest BCUT2D eigenvalue weighted by atomic mass is 10.1. The molecule has 1 amide bonds. The number of hydrogen-bond acceptors (Lipinski definition) is 2. The molecule has 1 aliphatic carbocycles. The summed E-state index contributed by atoms with van der Waals surface area (Å²) in [5, 5.41) is 2.89. The third kappa shape index (κ3) is 1.88. The zero-order chi connectivity index (χ0) is 11.1. The Morgan fingerprint density at radius 3 is 2.67 bits per heavy atom. The fourth-order valence-electron chi connectivity index (χ4n) is 1.50. The largest absolute Gasteiger partial charge is 0.324 e. The number of nitrogens with one attached hydrogen (secondary N) is 1. The Balaban J connectivity index is 2.17. The van der Waals surface area contributed by atoms with E-state index in [9.17, 15) is 4.79 Å². The first kappa shape index (κ1) is 10.2. The number of nitrogens with two attached hydrogens (primary N) is 1. The molecule has 1 aliphatic rings. The number of hydrogen-bond donors (Lipinski definition) is 2. The summed E-state index contributed by atoms with van der Waals surface area (Å²) in [6.45, 7) is 4.03. The molecule has 1 saturated carbocycles. The average Bonchev–Trinajstić information content (AvgIpc) is 2.93. The molecule has 0 heterocycles. The topological polar surface area (TPSA) is 55.1 Å². The van der Waals surface area contributed by atoms with Gasteiger partial charge in [-0.05, 0) is 43.9 Å². The van der Waals surface area contributed by atoms with Gasteiger partial charge in [-0.25, -0.2) is 0 Å².